The van der Waals surface area contributed by atoms with Gasteiger partial charge in [0.1, 0.15) is 0 Å². The zero-order valence-electron chi connectivity index (χ0n) is 8.12. The third kappa shape index (κ3) is 3.35. The van der Waals surface area contributed by atoms with Crippen molar-refractivity contribution in [2.75, 3.05) is 24.7 Å². The third-order valence-electron chi connectivity index (χ3n) is 1.80. The molecule has 0 atom stereocenters. The van der Waals surface area contributed by atoms with Gasteiger partial charge in [-0.3, -0.25) is 4.79 Å². The molecule has 0 aliphatic heterocycles. The summed E-state index contributed by atoms with van der Waals surface area (Å²) in [6, 6.07) is 7.35. The zero-order valence-corrected chi connectivity index (χ0v) is 8.12. The Kier molecular flexibility index (Phi) is 3.79. The lowest BCUT2D eigenvalue weighted by Gasteiger charge is -2.05. The Bertz CT molecular complexity index is 295. The molecule has 0 aromatic heterocycles. The van der Waals surface area contributed by atoms with E-state index in [-0.39, 0.29) is 5.97 Å². The summed E-state index contributed by atoms with van der Waals surface area (Å²) in [6.07, 6.45) is 0.362. The molecule has 14 heavy (non-hydrogen) atoms. The molecule has 76 valence electrons. The van der Waals surface area contributed by atoms with Crippen LogP contribution in [0.25, 0.3) is 0 Å². The van der Waals surface area contributed by atoms with Gasteiger partial charge in [0.2, 0.25) is 0 Å². The molecule has 0 aliphatic carbocycles. The Morgan fingerprint density at radius 3 is 2.64 bits per heavy atom. The molecule has 0 aliphatic rings. The van der Waals surface area contributed by atoms with Gasteiger partial charge in [-0.2, -0.15) is 0 Å². The summed E-state index contributed by atoms with van der Waals surface area (Å²) in [7, 11) is 1.38. The smallest absolute Gasteiger partial charge is 0.307 e. The molecule has 1 rings (SSSR count). The highest BCUT2D eigenvalue weighted by molar-refractivity contribution is 5.69. The molecule has 3 N–H and O–H groups in total. The summed E-state index contributed by atoms with van der Waals surface area (Å²) in [4.78, 5) is 10.8. The molecular formula is C10H14N2O2. The largest absolute Gasteiger partial charge is 0.469 e. The number of benzene rings is 1. The fourth-order valence-corrected chi connectivity index (χ4v) is 1.01. The second kappa shape index (κ2) is 5.11. The number of ether oxygens (including phenoxy) is 1. The Labute approximate surface area is 83.1 Å². The standard InChI is InChI=1S/C10H14N2O2/c1-14-10(13)6-7-12-9-4-2-8(11)3-5-9/h2-5,12H,6-7,11H2,1H3. The number of methoxy groups -OCH3 is 1. The highest BCUT2D eigenvalue weighted by Crippen LogP contribution is 2.09. The fraction of sp³-hybridized carbons (Fsp3) is 0.300. The summed E-state index contributed by atoms with van der Waals surface area (Å²) in [6.45, 7) is 0.566. The molecule has 0 spiro atoms. The number of carbonyl (C=O) groups is 1. The van der Waals surface area contributed by atoms with Crippen molar-refractivity contribution in [3.63, 3.8) is 0 Å². The summed E-state index contributed by atoms with van der Waals surface area (Å²) in [5.41, 5.74) is 7.20. The summed E-state index contributed by atoms with van der Waals surface area (Å²) < 4.78 is 4.51. The molecule has 0 unspecified atom stereocenters. The van der Waals surface area contributed by atoms with Crippen molar-refractivity contribution in [3.8, 4) is 0 Å². The van der Waals surface area contributed by atoms with E-state index in [0.717, 1.165) is 11.4 Å². The highest BCUT2D eigenvalue weighted by Gasteiger charge is 1.98. The molecule has 0 saturated carbocycles. The van der Waals surface area contributed by atoms with Gasteiger partial charge in [-0.25, -0.2) is 0 Å². The molecule has 1 aromatic rings. The van der Waals surface area contributed by atoms with Crippen molar-refractivity contribution < 1.29 is 9.53 Å². The molecule has 0 saturated heterocycles. The molecule has 0 bridgehead atoms. The Morgan fingerprint density at radius 1 is 1.43 bits per heavy atom. The minimum atomic E-state index is -0.215. The Balaban J connectivity index is 2.31. The van der Waals surface area contributed by atoms with Gasteiger partial charge in [0.15, 0.2) is 0 Å². The molecule has 0 radical (unpaired) electrons. The van der Waals surface area contributed by atoms with E-state index in [9.17, 15) is 4.79 Å². The topological polar surface area (TPSA) is 64.3 Å². The first-order valence-corrected chi connectivity index (χ1v) is 4.38. The van der Waals surface area contributed by atoms with Gasteiger partial charge in [-0.1, -0.05) is 0 Å². The Morgan fingerprint density at radius 2 is 2.07 bits per heavy atom. The van der Waals surface area contributed by atoms with Crippen LogP contribution in [0.3, 0.4) is 0 Å². The van der Waals surface area contributed by atoms with E-state index in [1.54, 1.807) is 12.1 Å². The first-order valence-electron chi connectivity index (χ1n) is 4.38. The summed E-state index contributed by atoms with van der Waals surface area (Å²) in [5.74, 6) is -0.215. The molecule has 1 aromatic carbocycles. The van der Waals surface area contributed by atoms with E-state index in [2.05, 4.69) is 10.1 Å². The van der Waals surface area contributed by atoms with Crippen LogP contribution in [-0.4, -0.2) is 19.6 Å². The number of nitrogens with one attached hydrogen (secondary N) is 1. The van der Waals surface area contributed by atoms with Crippen molar-refractivity contribution in [2.45, 2.75) is 6.42 Å². The average Bonchev–Trinajstić information content (AvgIpc) is 2.21. The molecule has 4 nitrogen and oxygen atoms in total. The minimum Gasteiger partial charge on any atom is -0.469 e. The number of anilines is 2. The van der Waals surface area contributed by atoms with Gasteiger partial charge in [0.25, 0.3) is 0 Å². The number of hydrogen-bond donors (Lipinski definition) is 2. The SMILES string of the molecule is COC(=O)CCNc1ccc(N)cc1. The number of rotatable bonds is 4. The number of hydrogen-bond acceptors (Lipinski definition) is 4. The van der Waals surface area contributed by atoms with Crippen LogP contribution in [0.1, 0.15) is 6.42 Å². The van der Waals surface area contributed by atoms with Crippen molar-refractivity contribution in [1.29, 1.82) is 0 Å². The number of nitrogens with two attached hydrogens (primary N) is 1. The highest BCUT2D eigenvalue weighted by atomic mass is 16.5. The number of nitrogen functional groups attached to an aromatic ring is 1. The van der Waals surface area contributed by atoms with Gasteiger partial charge in [-0.15, -0.1) is 0 Å². The van der Waals surface area contributed by atoms with Crippen molar-refractivity contribution in [1.82, 2.24) is 0 Å². The van der Waals surface area contributed by atoms with Crippen molar-refractivity contribution >= 4 is 17.3 Å². The van der Waals surface area contributed by atoms with E-state index < -0.39 is 0 Å². The lowest BCUT2D eigenvalue weighted by molar-refractivity contribution is -0.140. The van der Waals surface area contributed by atoms with Crippen LogP contribution in [0.15, 0.2) is 24.3 Å². The molecule has 4 heteroatoms. The van der Waals surface area contributed by atoms with Crippen LogP contribution in [0.5, 0.6) is 0 Å². The summed E-state index contributed by atoms with van der Waals surface area (Å²) >= 11 is 0. The second-order valence-electron chi connectivity index (χ2n) is 2.87. The Hall–Kier alpha value is -1.71. The monoisotopic (exact) mass is 194 g/mol. The molecule has 0 fully saturated rings. The van der Waals surface area contributed by atoms with Crippen LogP contribution >= 0.6 is 0 Å². The second-order valence-corrected chi connectivity index (χ2v) is 2.87. The minimum absolute atomic E-state index is 0.215. The third-order valence-corrected chi connectivity index (χ3v) is 1.80. The van der Waals surface area contributed by atoms with Crippen LogP contribution < -0.4 is 11.1 Å². The lowest BCUT2D eigenvalue weighted by Crippen LogP contribution is -2.09. The van der Waals surface area contributed by atoms with Crippen LogP contribution in [-0.2, 0) is 9.53 Å². The van der Waals surface area contributed by atoms with Crippen LogP contribution in [0, 0.1) is 0 Å². The zero-order chi connectivity index (χ0) is 10.4. The van der Waals surface area contributed by atoms with E-state index >= 15 is 0 Å². The van der Waals surface area contributed by atoms with E-state index in [0.29, 0.717) is 13.0 Å². The predicted octanol–water partition coefficient (Wildman–Crippen LogP) is 1.24. The van der Waals surface area contributed by atoms with Crippen molar-refractivity contribution in [2.24, 2.45) is 0 Å². The number of esters is 1. The maximum atomic E-state index is 10.8. The van der Waals surface area contributed by atoms with E-state index in [1.165, 1.54) is 7.11 Å². The number of carbonyl (C=O) groups excluding carboxylic acids is 1. The summed E-state index contributed by atoms with van der Waals surface area (Å²) in [5, 5.41) is 3.08. The van der Waals surface area contributed by atoms with Crippen LogP contribution in [0.4, 0.5) is 11.4 Å². The molecule has 0 heterocycles. The maximum absolute atomic E-state index is 10.8. The first kappa shape index (κ1) is 10.4. The fourth-order valence-electron chi connectivity index (χ4n) is 1.01. The van der Waals surface area contributed by atoms with E-state index in [4.69, 9.17) is 5.73 Å². The quantitative estimate of drug-likeness (QED) is 0.559. The van der Waals surface area contributed by atoms with Gasteiger partial charge < -0.3 is 15.8 Å². The van der Waals surface area contributed by atoms with Gasteiger partial charge in [0.05, 0.1) is 13.5 Å². The van der Waals surface area contributed by atoms with E-state index in [1.807, 2.05) is 12.1 Å². The van der Waals surface area contributed by atoms with Gasteiger partial charge in [0, 0.05) is 17.9 Å². The van der Waals surface area contributed by atoms with Crippen LogP contribution in [0.2, 0.25) is 0 Å². The average molecular weight is 194 g/mol. The van der Waals surface area contributed by atoms with Crippen molar-refractivity contribution in [3.05, 3.63) is 24.3 Å². The molecule has 0 amide bonds. The predicted molar refractivity (Wildman–Crippen MR) is 56.0 cm³/mol. The normalized spacial score (nSPS) is 9.50. The van der Waals surface area contributed by atoms with Gasteiger partial charge in [-0.05, 0) is 24.3 Å². The van der Waals surface area contributed by atoms with Gasteiger partial charge >= 0.3 is 5.97 Å². The first-order chi connectivity index (χ1) is 6.72. The maximum Gasteiger partial charge on any atom is 0.307 e. The molecular weight excluding hydrogens is 180 g/mol. The lowest BCUT2D eigenvalue weighted by atomic mass is 10.3.